The number of halogens is 3. The van der Waals surface area contributed by atoms with E-state index in [1.54, 1.807) is 0 Å². The standard InChI is InChI=1S/3BrH.Sb/h3*1H;/q;;;+3/p-3. The average Bonchev–Trinajstić information content (AvgIpc) is 0.811. The van der Waals surface area contributed by atoms with E-state index in [0.717, 1.165) is 0 Å². The Kier molecular flexibility index (Phi) is 5.40. The van der Waals surface area contributed by atoms with E-state index in [1.807, 2.05) is 0 Å². The second-order valence-corrected chi connectivity index (χ2v) is 34.7. The van der Waals surface area contributed by atoms with E-state index in [4.69, 9.17) is 0 Å². The van der Waals surface area contributed by atoms with Gasteiger partial charge in [0, 0.05) is 0 Å². The van der Waals surface area contributed by atoms with Gasteiger partial charge in [0.15, 0.2) is 0 Å². The van der Waals surface area contributed by atoms with Crippen LogP contribution in [0.3, 0.4) is 0 Å². The Bertz CT molecular complexity index is 8.00. The summed E-state index contributed by atoms with van der Waals surface area (Å²) in [4.78, 5) is 0. The zero-order valence-corrected chi connectivity index (χ0v) is 8.89. The topological polar surface area (TPSA) is 0 Å². The summed E-state index contributed by atoms with van der Waals surface area (Å²) in [6.45, 7) is 0. The van der Waals surface area contributed by atoms with Gasteiger partial charge in [0.25, 0.3) is 0 Å². The molecule has 0 heterocycles. The van der Waals surface area contributed by atoms with E-state index in [1.165, 1.54) is 0 Å². The Morgan fingerprint density at radius 3 is 1.00 bits per heavy atom. The van der Waals surface area contributed by atoms with Crippen molar-refractivity contribution in [1.29, 1.82) is 0 Å². The molecule has 0 aromatic carbocycles. The quantitative estimate of drug-likeness (QED) is 0.580. The van der Waals surface area contributed by atoms with E-state index in [-0.39, 0.29) is 0 Å². The zero-order valence-electron chi connectivity index (χ0n) is 1.58. The SMILES string of the molecule is [Br][Sb]([Br])[Br]. The van der Waals surface area contributed by atoms with Crippen molar-refractivity contribution in [2.45, 2.75) is 0 Å². The number of rotatable bonds is 0. The molecule has 0 saturated carbocycles. The van der Waals surface area contributed by atoms with Gasteiger partial charge in [-0.3, -0.25) is 0 Å². The van der Waals surface area contributed by atoms with Crippen LogP contribution in [0.4, 0.5) is 0 Å². The molecule has 0 amide bonds. The van der Waals surface area contributed by atoms with Crippen LogP contribution in [0.2, 0.25) is 0 Å². The van der Waals surface area contributed by atoms with Gasteiger partial charge in [-0.2, -0.15) is 0 Å². The van der Waals surface area contributed by atoms with Gasteiger partial charge in [-0.1, -0.05) is 0 Å². The molecule has 0 aromatic heterocycles. The van der Waals surface area contributed by atoms with E-state index in [2.05, 4.69) is 37.8 Å². The zero-order chi connectivity index (χ0) is 3.58. The molecular weight excluding hydrogens is 361 g/mol. The van der Waals surface area contributed by atoms with Gasteiger partial charge in [-0.15, -0.1) is 0 Å². The molecule has 0 aliphatic heterocycles. The Labute approximate surface area is 50.3 Å². The van der Waals surface area contributed by atoms with Crippen molar-refractivity contribution in [3.63, 3.8) is 0 Å². The second-order valence-electron chi connectivity index (χ2n) is 0.192. The first-order chi connectivity index (χ1) is 1.73. The summed E-state index contributed by atoms with van der Waals surface area (Å²) in [6, 6.07) is 0. The molecule has 0 nitrogen and oxygen atoms in total. The third-order valence-corrected chi connectivity index (χ3v) is 0. The van der Waals surface area contributed by atoms with Gasteiger partial charge in [-0.05, 0) is 0 Å². The number of hydrogen-bond donors (Lipinski definition) is 0. The van der Waals surface area contributed by atoms with Crippen LogP contribution in [-0.4, -0.2) is 13.5 Å². The molecule has 0 unspecified atom stereocenters. The molecule has 0 aromatic rings. The Morgan fingerprint density at radius 1 is 1.00 bits per heavy atom. The molecule has 0 atom stereocenters. The van der Waals surface area contributed by atoms with Crippen LogP contribution in [0.5, 0.6) is 0 Å². The van der Waals surface area contributed by atoms with Crippen LogP contribution in [0.15, 0.2) is 0 Å². The molecule has 0 spiro atoms. The molecule has 0 fully saturated rings. The van der Waals surface area contributed by atoms with Crippen LogP contribution in [0.1, 0.15) is 0 Å². The summed E-state index contributed by atoms with van der Waals surface area (Å²) in [5.74, 6) is 0. The maximum atomic E-state index is 3.29. The average molecular weight is 361 g/mol. The first-order valence-electron chi connectivity index (χ1n) is 0.507. The van der Waals surface area contributed by atoms with Crippen molar-refractivity contribution >= 4 is 51.2 Å². The summed E-state index contributed by atoms with van der Waals surface area (Å²) in [7, 11) is 0. The summed E-state index contributed by atoms with van der Waals surface area (Å²) >= 11 is 8.85. The molecule has 0 radical (unpaired) electrons. The van der Waals surface area contributed by atoms with E-state index < -0.39 is 13.5 Å². The Morgan fingerprint density at radius 2 is 1.00 bits per heavy atom. The van der Waals surface area contributed by atoms with E-state index >= 15 is 0 Å². The summed E-state index contributed by atoms with van der Waals surface area (Å²) in [5, 5.41) is 0. The molecule has 4 heavy (non-hydrogen) atoms. The van der Waals surface area contributed by atoms with Gasteiger partial charge in [0.1, 0.15) is 0 Å². The van der Waals surface area contributed by atoms with Gasteiger partial charge >= 0.3 is 51.2 Å². The molecule has 4 heteroatoms. The van der Waals surface area contributed by atoms with Gasteiger partial charge in [-0.25, -0.2) is 0 Å². The molecule has 0 N–H and O–H groups in total. The first-order valence-corrected chi connectivity index (χ1v) is 17.7. The summed E-state index contributed by atoms with van der Waals surface area (Å²) in [5.41, 5.74) is 0. The van der Waals surface area contributed by atoms with Gasteiger partial charge < -0.3 is 0 Å². The van der Waals surface area contributed by atoms with Crippen LogP contribution in [0, 0.1) is 0 Å². The second kappa shape index (κ2) is 3.45. The third kappa shape index (κ3) is 8.86. The minimum absolute atomic E-state index is 1.01. The predicted octanol–water partition coefficient (Wildman–Crippen LogP) is 2.16. The van der Waals surface area contributed by atoms with E-state index in [0.29, 0.717) is 0 Å². The molecule has 0 aliphatic carbocycles. The van der Waals surface area contributed by atoms with Crippen LogP contribution in [-0.2, 0) is 0 Å². The van der Waals surface area contributed by atoms with Crippen LogP contribution < -0.4 is 0 Å². The first kappa shape index (κ1) is 6.26. The molecule has 0 rings (SSSR count). The van der Waals surface area contributed by atoms with Crippen molar-refractivity contribution in [3.05, 3.63) is 0 Å². The minimum atomic E-state index is -1.01. The normalized spacial score (nSPS) is 9.00. The van der Waals surface area contributed by atoms with Gasteiger partial charge in [0.2, 0.25) is 0 Å². The van der Waals surface area contributed by atoms with Crippen molar-refractivity contribution in [3.8, 4) is 0 Å². The maximum absolute atomic E-state index is 3.29. The predicted molar refractivity (Wildman–Crippen MR) is 32.5 cm³/mol. The van der Waals surface area contributed by atoms with Crippen molar-refractivity contribution in [1.82, 2.24) is 0 Å². The molecular formula is Br3Sb. The van der Waals surface area contributed by atoms with Crippen LogP contribution in [0.25, 0.3) is 0 Å². The van der Waals surface area contributed by atoms with Crippen molar-refractivity contribution in [2.75, 3.05) is 0 Å². The molecule has 0 saturated heterocycles. The van der Waals surface area contributed by atoms with Gasteiger partial charge in [0.05, 0.1) is 0 Å². The Balaban J connectivity index is 2.32. The monoisotopic (exact) mass is 358 g/mol. The summed E-state index contributed by atoms with van der Waals surface area (Å²) < 4.78 is 0. The van der Waals surface area contributed by atoms with Crippen molar-refractivity contribution in [2.24, 2.45) is 0 Å². The molecule has 0 aliphatic rings. The fourth-order valence-electron chi connectivity index (χ4n) is 0. The molecule has 26 valence electrons. The fraction of sp³-hybridized carbons (Fsp3) is 0. The summed E-state index contributed by atoms with van der Waals surface area (Å²) in [6.07, 6.45) is 0. The van der Waals surface area contributed by atoms with Crippen LogP contribution >= 0.6 is 37.8 Å². The number of hydrogen-bond acceptors (Lipinski definition) is 0. The van der Waals surface area contributed by atoms with E-state index in [9.17, 15) is 0 Å². The fourth-order valence-corrected chi connectivity index (χ4v) is 0. The van der Waals surface area contributed by atoms with Crippen molar-refractivity contribution < 1.29 is 0 Å². The Hall–Kier alpha value is 2.26. The molecule has 0 bridgehead atoms. The third-order valence-electron chi connectivity index (χ3n) is 0.